The van der Waals surface area contributed by atoms with Crippen LogP contribution in [0.2, 0.25) is 5.02 Å². The fraction of sp³-hybridized carbons (Fsp3) is 0.294. The van der Waals surface area contributed by atoms with Crippen LogP contribution in [0.1, 0.15) is 22.3 Å². The number of nitrogens with one attached hydrogen (secondary N) is 2. The van der Waals surface area contributed by atoms with Crippen molar-refractivity contribution in [2.75, 3.05) is 30.9 Å². The minimum atomic E-state index is -0.200. The molecule has 0 unspecified atom stereocenters. The van der Waals surface area contributed by atoms with E-state index >= 15 is 0 Å². The lowest BCUT2D eigenvalue weighted by atomic mass is 10.2. The highest BCUT2D eigenvalue weighted by molar-refractivity contribution is 6.30. The smallest absolute Gasteiger partial charge is 0.257 e. The Hall–Kier alpha value is -2.11. The lowest BCUT2D eigenvalue weighted by molar-refractivity contribution is 0.102. The van der Waals surface area contributed by atoms with Crippen LogP contribution in [0.4, 0.5) is 11.5 Å². The molecule has 0 spiro atoms. The number of aromatic nitrogens is 1. The maximum Gasteiger partial charge on any atom is 0.257 e. The van der Waals surface area contributed by atoms with Crippen LogP contribution in [0, 0.1) is 6.92 Å². The van der Waals surface area contributed by atoms with Gasteiger partial charge in [-0.15, -0.1) is 0 Å². The zero-order chi connectivity index (χ0) is 16.7. The van der Waals surface area contributed by atoms with Crippen molar-refractivity contribution in [1.82, 2.24) is 4.98 Å². The van der Waals surface area contributed by atoms with Gasteiger partial charge in [0.25, 0.3) is 5.91 Å². The Morgan fingerprint density at radius 2 is 2.13 bits per heavy atom. The van der Waals surface area contributed by atoms with E-state index in [9.17, 15) is 4.79 Å². The van der Waals surface area contributed by atoms with Crippen molar-refractivity contribution in [3.8, 4) is 0 Å². The molecule has 1 amide bonds. The van der Waals surface area contributed by atoms with Crippen molar-refractivity contribution in [3.63, 3.8) is 0 Å². The van der Waals surface area contributed by atoms with E-state index in [2.05, 4.69) is 15.6 Å². The van der Waals surface area contributed by atoms with Crippen LogP contribution in [-0.2, 0) is 4.74 Å². The number of ether oxygens (including phenoxy) is 1. The molecule has 5 nitrogen and oxygen atoms in total. The monoisotopic (exact) mass is 333 g/mol. The Bertz CT molecular complexity index is 659. The Morgan fingerprint density at radius 1 is 1.30 bits per heavy atom. The number of pyridine rings is 1. The summed E-state index contributed by atoms with van der Waals surface area (Å²) < 4.78 is 4.98. The van der Waals surface area contributed by atoms with Gasteiger partial charge in [-0.3, -0.25) is 4.79 Å². The Labute approximate surface area is 141 Å². The molecule has 2 rings (SSSR count). The van der Waals surface area contributed by atoms with Gasteiger partial charge < -0.3 is 15.4 Å². The molecule has 0 aliphatic heterocycles. The molecule has 0 bridgehead atoms. The van der Waals surface area contributed by atoms with Gasteiger partial charge in [0.2, 0.25) is 0 Å². The molecule has 6 heteroatoms. The minimum Gasteiger partial charge on any atom is -0.385 e. The van der Waals surface area contributed by atoms with Crippen molar-refractivity contribution >= 4 is 29.0 Å². The van der Waals surface area contributed by atoms with Gasteiger partial charge in [0, 0.05) is 37.2 Å². The number of halogens is 1. The predicted octanol–water partition coefficient (Wildman–Crippen LogP) is 3.74. The first-order valence-corrected chi connectivity index (χ1v) is 7.74. The molecule has 122 valence electrons. The Kier molecular flexibility index (Phi) is 6.38. The van der Waals surface area contributed by atoms with Crippen LogP contribution in [0.15, 0.2) is 36.5 Å². The second kappa shape index (κ2) is 8.50. The summed E-state index contributed by atoms with van der Waals surface area (Å²) in [5.74, 6) is 0.536. The fourth-order valence-electron chi connectivity index (χ4n) is 2.03. The molecular weight excluding hydrogens is 314 g/mol. The summed E-state index contributed by atoms with van der Waals surface area (Å²) in [6.07, 6.45) is 2.45. The number of anilines is 2. The zero-order valence-electron chi connectivity index (χ0n) is 13.2. The molecule has 2 aromatic rings. The van der Waals surface area contributed by atoms with E-state index in [1.54, 1.807) is 37.6 Å². The molecule has 0 fully saturated rings. The maximum absolute atomic E-state index is 12.2. The van der Waals surface area contributed by atoms with Gasteiger partial charge in [-0.2, -0.15) is 0 Å². The Morgan fingerprint density at radius 3 is 2.78 bits per heavy atom. The molecule has 0 aliphatic carbocycles. The van der Waals surface area contributed by atoms with E-state index in [4.69, 9.17) is 16.3 Å². The number of carbonyl (C=O) groups is 1. The number of hydrogen-bond acceptors (Lipinski definition) is 4. The molecule has 2 N–H and O–H groups in total. The van der Waals surface area contributed by atoms with E-state index in [1.807, 2.05) is 13.0 Å². The van der Waals surface area contributed by atoms with Gasteiger partial charge in [0.15, 0.2) is 0 Å². The summed E-state index contributed by atoms with van der Waals surface area (Å²) in [4.78, 5) is 16.5. The number of nitrogens with zero attached hydrogens (tertiary/aromatic N) is 1. The largest absolute Gasteiger partial charge is 0.385 e. The van der Waals surface area contributed by atoms with Crippen molar-refractivity contribution in [1.29, 1.82) is 0 Å². The molecule has 0 aliphatic rings. The number of methoxy groups -OCH3 is 1. The van der Waals surface area contributed by atoms with Crippen molar-refractivity contribution < 1.29 is 9.53 Å². The topological polar surface area (TPSA) is 63.2 Å². The average Bonchev–Trinajstić information content (AvgIpc) is 2.55. The molecule has 1 aromatic heterocycles. The summed E-state index contributed by atoms with van der Waals surface area (Å²) in [6.45, 7) is 3.37. The molecular formula is C17H20ClN3O2. The van der Waals surface area contributed by atoms with E-state index in [-0.39, 0.29) is 5.91 Å². The number of aryl methyl sites for hydroxylation is 1. The summed E-state index contributed by atoms with van der Waals surface area (Å²) in [5, 5.41) is 6.68. The zero-order valence-corrected chi connectivity index (χ0v) is 14.0. The molecule has 0 saturated heterocycles. The number of hydrogen-bond donors (Lipinski definition) is 2. The van der Waals surface area contributed by atoms with Crippen LogP contribution in [0.5, 0.6) is 0 Å². The van der Waals surface area contributed by atoms with Gasteiger partial charge in [0.05, 0.1) is 5.56 Å². The highest BCUT2D eigenvalue weighted by Crippen LogP contribution is 2.20. The summed E-state index contributed by atoms with van der Waals surface area (Å²) in [6, 6.07) is 8.87. The van der Waals surface area contributed by atoms with Crippen LogP contribution >= 0.6 is 11.6 Å². The quantitative estimate of drug-likeness (QED) is 0.758. The third-order valence-corrected chi connectivity index (χ3v) is 3.53. The van der Waals surface area contributed by atoms with E-state index in [0.717, 1.165) is 30.0 Å². The van der Waals surface area contributed by atoms with Gasteiger partial charge in [0.1, 0.15) is 5.82 Å². The summed E-state index contributed by atoms with van der Waals surface area (Å²) >= 11 is 5.91. The predicted molar refractivity (Wildman–Crippen MR) is 93.4 cm³/mol. The van der Waals surface area contributed by atoms with E-state index in [0.29, 0.717) is 17.2 Å². The highest BCUT2D eigenvalue weighted by atomic mass is 35.5. The van der Waals surface area contributed by atoms with Gasteiger partial charge >= 0.3 is 0 Å². The standard InChI is InChI=1S/C17H20ClN3O2/c1-12-10-14(18)5-6-15(12)21-17(22)13-4-7-16(20-11-13)19-8-3-9-23-2/h4-7,10-11H,3,8-9H2,1-2H3,(H,19,20)(H,21,22). The number of amides is 1. The Balaban J connectivity index is 1.94. The van der Waals surface area contributed by atoms with Crippen molar-refractivity contribution in [2.24, 2.45) is 0 Å². The molecule has 0 atom stereocenters. The first-order chi connectivity index (χ1) is 11.1. The van der Waals surface area contributed by atoms with Crippen molar-refractivity contribution in [2.45, 2.75) is 13.3 Å². The van der Waals surface area contributed by atoms with Gasteiger partial charge in [-0.05, 0) is 49.2 Å². The third-order valence-electron chi connectivity index (χ3n) is 3.29. The van der Waals surface area contributed by atoms with Crippen LogP contribution in [-0.4, -0.2) is 31.2 Å². The second-order valence-electron chi connectivity index (χ2n) is 5.12. The lowest BCUT2D eigenvalue weighted by Gasteiger charge is -2.09. The minimum absolute atomic E-state index is 0.200. The first-order valence-electron chi connectivity index (χ1n) is 7.36. The molecule has 23 heavy (non-hydrogen) atoms. The SMILES string of the molecule is COCCCNc1ccc(C(=O)Nc2ccc(Cl)cc2C)cn1. The lowest BCUT2D eigenvalue weighted by Crippen LogP contribution is -2.13. The van der Waals surface area contributed by atoms with E-state index in [1.165, 1.54) is 0 Å². The summed E-state index contributed by atoms with van der Waals surface area (Å²) in [7, 11) is 1.67. The molecule has 0 radical (unpaired) electrons. The van der Waals surface area contributed by atoms with Gasteiger partial charge in [-0.1, -0.05) is 11.6 Å². The molecule has 0 saturated carbocycles. The highest BCUT2D eigenvalue weighted by Gasteiger charge is 2.08. The number of benzene rings is 1. The number of rotatable bonds is 7. The third kappa shape index (κ3) is 5.23. The summed E-state index contributed by atoms with van der Waals surface area (Å²) in [5.41, 5.74) is 2.15. The van der Waals surface area contributed by atoms with Gasteiger partial charge in [-0.25, -0.2) is 4.98 Å². The normalized spacial score (nSPS) is 10.4. The van der Waals surface area contributed by atoms with E-state index < -0.39 is 0 Å². The maximum atomic E-state index is 12.2. The van der Waals surface area contributed by atoms with Crippen LogP contribution in [0.25, 0.3) is 0 Å². The first kappa shape index (κ1) is 17.2. The average molecular weight is 334 g/mol. The fourth-order valence-corrected chi connectivity index (χ4v) is 2.25. The molecule has 1 aromatic carbocycles. The van der Waals surface area contributed by atoms with Crippen LogP contribution in [0.3, 0.4) is 0 Å². The van der Waals surface area contributed by atoms with Crippen molar-refractivity contribution in [3.05, 3.63) is 52.7 Å². The number of carbonyl (C=O) groups excluding carboxylic acids is 1. The molecule has 1 heterocycles. The van der Waals surface area contributed by atoms with Crippen LogP contribution < -0.4 is 10.6 Å². The second-order valence-corrected chi connectivity index (χ2v) is 5.56.